The average Bonchev–Trinajstić information content (AvgIpc) is 2.64. The number of carboxylic acid groups (broad SMARTS) is 1. The lowest BCUT2D eigenvalue weighted by Gasteiger charge is -1.98. The van der Waals surface area contributed by atoms with E-state index in [0.29, 0.717) is 5.69 Å². The van der Waals surface area contributed by atoms with Gasteiger partial charge in [-0.25, -0.2) is 18.6 Å². The number of rotatable bonds is 2. The normalized spacial score (nSPS) is 10.5. The van der Waals surface area contributed by atoms with Crippen molar-refractivity contribution in [3.05, 3.63) is 40.4 Å². The van der Waals surface area contributed by atoms with Gasteiger partial charge in [0.1, 0.15) is 21.5 Å². The lowest BCUT2D eigenvalue weighted by Crippen LogP contribution is -1.94. The first-order valence-electron chi connectivity index (χ1n) is 4.65. The highest BCUT2D eigenvalue weighted by Gasteiger charge is 2.17. The van der Waals surface area contributed by atoms with Crippen LogP contribution >= 0.6 is 11.3 Å². The molecule has 88 valence electrons. The van der Waals surface area contributed by atoms with E-state index in [9.17, 15) is 13.6 Å². The Kier molecular flexibility index (Phi) is 2.89. The van der Waals surface area contributed by atoms with Gasteiger partial charge in [0.25, 0.3) is 0 Å². The molecule has 0 saturated carbocycles. The van der Waals surface area contributed by atoms with Crippen molar-refractivity contribution in [1.82, 2.24) is 4.98 Å². The van der Waals surface area contributed by atoms with E-state index < -0.39 is 17.6 Å². The number of hydrogen-bond acceptors (Lipinski definition) is 3. The molecule has 2 aromatic rings. The summed E-state index contributed by atoms with van der Waals surface area (Å²) in [4.78, 5) is 14.8. The number of benzene rings is 1. The molecule has 0 amide bonds. The third-order valence-electron chi connectivity index (χ3n) is 2.15. The van der Waals surface area contributed by atoms with E-state index in [4.69, 9.17) is 5.11 Å². The minimum atomic E-state index is -1.12. The molecule has 1 aromatic carbocycles. The number of aromatic nitrogens is 1. The second-order valence-corrected chi connectivity index (χ2v) is 4.36. The van der Waals surface area contributed by atoms with Gasteiger partial charge in [-0.2, -0.15) is 0 Å². The zero-order chi connectivity index (χ0) is 12.6. The molecule has 0 bridgehead atoms. The zero-order valence-corrected chi connectivity index (χ0v) is 9.52. The van der Waals surface area contributed by atoms with Crippen LogP contribution in [-0.4, -0.2) is 16.1 Å². The summed E-state index contributed by atoms with van der Waals surface area (Å²) >= 11 is 0.826. The third kappa shape index (κ3) is 2.16. The van der Waals surface area contributed by atoms with Crippen LogP contribution < -0.4 is 0 Å². The Balaban J connectivity index is 2.57. The van der Waals surface area contributed by atoms with E-state index >= 15 is 0 Å². The Hall–Kier alpha value is -1.82. The number of carboxylic acids is 1. The van der Waals surface area contributed by atoms with Gasteiger partial charge < -0.3 is 5.11 Å². The van der Waals surface area contributed by atoms with Gasteiger partial charge in [0.2, 0.25) is 0 Å². The first-order valence-corrected chi connectivity index (χ1v) is 5.47. The number of hydrogen-bond donors (Lipinski definition) is 1. The summed E-state index contributed by atoms with van der Waals surface area (Å²) in [7, 11) is 0. The Bertz CT molecular complexity index is 595. The topological polar surface area (TPSA) is 50.2 Å². The Labute approximate surface area is 99.4 Å². The number of thiazole rings is 1. The number of aromatic carboxylic acids is 1. The van der Waals surface area contributed by atoms with Crippen molar-refractivity contribution >= 4 is 17.3 Å². The van der Waals surface area contributed by atoms with Crippen molar-refractivity contribution in [2.45, 2.75) is 6.92 Å². The van der Waals surface area contributed by atoms with Crippen molar-refractivity contribution < 1.29 is 18.7 Å². The summed E-state index contributed by atoms with van der Waals surface area (Å²) in [5, 5.41) is 9.02. The highest BCUT2D eigenvalue weighted by Crippen LogP contribution is 2.30. The average molecular weight is 255 g/mol. The lowest BCUT2D eigenvalue weighted by molar-refractivity contribution is 0.0701. The summed E-state index contributed by atoms with van der Waals surface area (Å²) in [6, 6.07) is 2.98. The number of halogens is 2. The predicted molar refractivity (Wildman–Crippen MR) is 59.2 cm³/mol. The smallest absolute Gasteiger partial charge is 0.347 e. The largest absolute Gasteiger partial charge is 0.477 e. The van der Waals surface area contributed by atoms with Crippen molar-refractivity contribution in [2.75, 3.05) is 0 Å². The highest BCUT2D eigenvalue weighted by atomic mass is 32.1. The van der Waals surface area contributed by atoms with Crippen molar-refractivity contribution in [2.24, 2.45) is 0 Å². The molecule has 0 aliphatic rings. The molecule has 1 aromatic heterocycles. The van der Waals surface area contributed by atoms with Crippen LogP contribution in [0.3, 0.4) is 0 Å². The van der Waals surface area contributed by atoms with Crippen LogP contribution in [0.4, 0.5) is 8.78 Å². The van der Waals surface area contributed by atoms with Gasteiger partial charge in [-0.15, -0.1) is 11.3 Å². The van der Waals surface area contributed by atoms with Crippen LogP contribution in [0, 0.1) is 18.6 Å². The van der Waals surface area contributed by atoms with Crippen LogP contribution in [0.25, 0.3) is 10.6 Å². The quantitative estimate of drug-likeness (QED) is 0.897. The van der Waals surface area contributed by atoms with Gasteiger partial charge in [-0.3, -0.25) is 0 Å². The van der Waals surface area contributed by atoms with Crippen molar-refractivity contribution in [1.29, 1.82) is 0 Å². The Morgan fingerprint density at radius 1 is 1.41 bits per heavy atom. The summed E-state index contributed by atoms with van der Waals surface area (Å²) < 4.78 is 26.4. The van der Waals surface area contributed by atoms with Gasteiger partial charge in [0.05, 0.1) is 5.69 Å². The molecule has 6 heteroatoms. The van der Waals surface area contributed by atoms with Gasteiger partial charge >= 0.3 is 5.97 Å². The fourth-order valence-electron chi connectivity index (χ4n) is 1.37. The molecule has 0 spiro atoms. The second kappa shape index (κ2) is 4.21. The molecular formula is C11H7F2NO2S. The van der Waals surface area contributed by atoms with E-state index in [1.54, 1.807) is 0 Å². The van der Waals surface area contributed by atoms with Crippen LogP contribution in [0.2, 0.25) is 0 Å². The van der Waals surface area contributed by atoms with Crippen molar-refractivity contribution in [3.63, 3.8) is 0 Å². The van der Waals surface area contributed by atoms with E-state index in [2.05, 4.69) is 4.98 Å². The van der Waals surface area contributed by atoms with Gasteiger partial charge in [-0.1, -0.05) is 0 Å². The molecule has 1 heterocycles. The first kappa shape index (κ1) is 11.7. The van der Waals surface area contributed by atoms with E-state index in [1.165, 1.54) is 6.92 Å². The Morgan fingerprint density at radius 2 is 2.12 bits per heavy atom. The predicted octanol–water partition coefficient (Wildman–Crippen LogP) is 3.09. The fraction of sp³-hybridized carbons (Fsp3) is 0.0909. The molecule has 0 aliphatic heterocycles. The molecule has 0 atom stereocenters. The van der Waals surface area contributed by atoms with Crippen LogP contribution in [0.5, 0.6) is 0 Å². The molecule has 0 unspecified atom stereocenters. The third-order valence-corrected chi connectivity index (χ3v) is 3.33. The SMILES string of the molecule is Cc1nc(-c2cc(F)ccc2F)sc1C(=O)O. The number of carbonyl (C=O) groups is 1. The summed E-state index contributed by atoms with van der Waals surface area (Å²) in [5.74, 6) is -2.34. The molecule has 0 aliphatic carbocycles. The minimum Gasteiger partial charge on any atom is -0.477 e. The zero-order valence-electron chi connectivity index (χ0n) is 8.70. The maximum atomic E-state index is 13.4. The summed E-state index contributed by atoms with van der Waals surface area (Å²) in [6.07, 6.45) is 0. The number of nitrogens with zero attached hydrogens (tertiary/aromatic N) is 1. The lowest BCUT2D eigenvalue weighted by atomic mass is 10.2. The molecule has 1 N–H and O–H groups in total. The number of aryl methyl sites for hydroxylation is 1. The van der Waals surface area contributed by atoms with Crippen LogP contribution in [0.1, 0.15) is 15.4 Å². The van der Waals surface area contributed by atoms with Crippen molar-refractivity contribution in [3.8, 4) is 10.6 Å². The summed E-state index contributed by atoms with van der Waals surface area (Å²) in [6.45, 7) is 1.51. The van der Waals surface area contributed by atoms with Crippen LogP contribution in [-0.2, 0) is 0 Å². The molecule has 0 radical (unpaired) electrons. The first-order chi connectivity index (χ1) is 7.99. The van der Waals surface area contributed by atoms with Crippen LogP contribution in [0.15, 0.2) is 18.2 Å². The van der Waals surface area contributed by atoms with E-state index in [0.717, 1.165) is 29.5 Å². The van der Waals surface area contributed by atoms with Gasteiger partial charge in [0.15, 0.2) is 0 Å². The molecule has 3 nitrogen and oxygen atoms in total. The molecular weight excluding hydrogens is 248 g/mol. The summed E-state index contributed by atoms with van der Waals surface area (Å²) in [5.41, 5.74) is 0.270. The molecule has 0 saturated heterocycles. The second-order valence-electron chi connectivity index (χ2n) is 3.36. The molecule has 0 fully saturated rings. The fourth-order valence-corrected chi connectivity index (χ4v) is 2.29. The van der Waals surface area contributed by atoms with Gasteiger partial charge in [0, 0.05) is 5.56 Å². The minimum absolute atomic E-state index is 0.0226. The molecule has 17 heavy (non-hydrogen) atoms. The maximum Gasteiger partial charge on any atom is 0.347 e. The standard InChI is InChI=1S/C11H7F2NO2S/c1-5-9(11(15)16)17-10(14-5)7-4-6(12)2-3-8(7)13/h2-4H,1H3,(H,15,16). The highest BCUT2D eigenvalue weighted by molar-refractivity contribution is 7.17. The van der Waals surface area contributed by atoms with E-state index in [-0.39, 0.29) is 15.4 Å². The van der Waals surface area contributed by atoms with Gasteiger partial charge in [-0.05, 0) is 25.1 Å². The van der Waals surface area contributed by atoms with E-state index in [1.807, 2.05) is 0 Å². The maximum absolute atomic E-state index is 13.4. The monoisotopic (exact) mass is 255 g/mol. The Morgan fingerprint density at radius 3 is 2.71 bits per heavy atom. The molecule has 2 rings (SSSR count).